The lowest BCUT2D eigenvalue weighted by Gasteiger charge is -2.37. The normalized spacial score (nSPS) is 17.5. The molecule has 2 aliphatic rings. The lowest BCUT2D eigenvalue weighted by atomic mass is 9.78. The summed E-state index contributed by atoms with van der Waals surface area (Å²) in [5, 5.41) is 22.0. The van der Waals surface area contributed by atoms with Gasteiger partial charge in [0, 0.05) is 23.4 Å². The van der Waals surface area contributed by atoms with Gasteiger partial charge in [-0.3, -0.25) is 14.5 Å². The first-order valence-electron chi connectivity index (χ1n) is 12.1. The Morgan fingerprint density at radius 1 is 1.24 bits per heavy atom. The quantitative estimate of drug-likeness (QED) is 0.405. The average Bonchev–Trinajstić information content (AvgIpc) is 3.53. The van der Waals surface area contributed by atoms with Gasteiger partial charge in [0.05, 0.1) is 23.3 Å². The highest BCUT2D eigenvalue weighted by Crippen LogP contribution is 2.47. The van der Waals surface area contributed by atoms with E-state index in [0.717, 1.165) is 22.5 Å². The second kappa shape index (κ2) is 10.5. The van der Waals surface area contributed by atoms with Gasteiger partial charge in [-0.05, 0) is 69.0 Å². The van der Waals surface area contributed by atoms with Crippen LogP contribution in [0.4, 0.5) is 10.8 Å². The van der Waals surface area contributed by atoms with E-state index in [1.807, 2.05) is 45.0 Å². The van der Waals surface area contributed by atoms with E-state index >= 15 is 0 Å². The van der Waals surface area contributed by atoms with Gasteiger partial charge in [0.25, 0.3) is 0 Å². The number of amides is 1. The van der Waals surface area contributed by atoms with Crippen LogP contribution in [0.2, 0.25) is 0 Å². The summed E-state index contributed by atoms with van der Waals surface area (Å²) in [4.78, 5) is 27.3. The summed E-state index contributed by atoms with van der Waals surface area (Å²) in [7, 11) is 0. The molecule has 1 amide bonds. The van der Waals surface area contributed by atoms with E-state index in [0.29, 0.717) is 45.8 Å². The largest absolute Gasteiger partial charge is 0.465 e. The Bertz CT molecular complexity index is 1540. The molecule has 0 bridgehead atoms. The highest BCUT2D eigenvalue weighted by molar-refractivity contribution is 8.01. The van der Waals surface area contributed by atoms with Crippen molar-refractivity contribution in [2.75, 3.05) is 16.0 Å². The maximum Gasteiger partial charge on any atom is 0.234 e. The molecule has 0 radical (unpaired) electrons. The van der Waals surface area contributed by atoms with E-state index in [1.54, 1.807) is 11.0 Å². The van der Waals surface area contributed by atoms with Crippen molar-refractivity contribution in [3.05, 3.63) is 75.6 Å². The molecule has 11 heteroatoms. The van der Waals surface area contributed by atoms with Crippen LogP contribution in [-0.4, -0.2) is 27.6 Å². The minimum absolute atomic E-state index is 0.0299. The number of nitrogens with two attached hydrogens (primary N) is 1. The molecule has 0 saturated carbocycles. The molecule has 0 saturated heterocycles. The first-order valence-corrected chi connectivity index (χ1v) is 13.9. The van der Waals surface area contributed by atoms with Crippen molar-refractivity contribution in [1.82, 2.24) is 10.2 Å². The molecule has 0 spiro atoms. The van der Waals surface area contributed by atoms with Crippen molar-refractivity contribution >= 4 is 45.6 Å². The summed E-state index contributed by atoms with van der Waals surface area (Å²) in [6, 6.07) is 11.6. The number of benzene rings is 1. The highest BCUT2D eigenvalue weighted by atomic mass is 32.2. The van der Waals surface area contributed by atoms with E-state index in [9.17, 15) is 14.9 Å². The number of carbonyl (C=O) groups excluding carboxylic acids is 2. The zero-order valence-electron chi connectivity index (χ0n) is 21.2. The second-order valence-electron chi connectivity index (χ2n) is 9.25. The Hall–Kier alpha value is -3.88. The Balaban J connectivity index is 1.39. The maximum atomic E-state index is 13.2. The van der Waals surface area contributed by atoms with Crippen molar-refractivity contribution in [1.29, 1.82) is 5.26 Å². The SMILES string of the molecule is Cc1ccc(C2C(C#N)=C(N)N(c3nnc(SCC(=O)Nc4ccc(C)c(C)c4)s3)C3=C2C(=O)CCC3)o1. The van der Waals surface area contributed by atoms with Crippen LogP contribution in [0.3, 0.4) is 0 Å². The van der Waals surface area contributed by atoms with Gasteiger partial charge in [0.1, 0.15) is 17.3 Å². The minimum atomic E-state index is -0.649. The fourth-order valence-corrected chi connectivity index (χ4v) is 6.37. The lowest BCUT2D eigenvalue weighted by Crippen LogP contribution is -2.38. The third kappa shape index (κ3) is 4.85. The number of anilines is 2. The summed E-state index contributed by atoms with van der Waals surface area (Å²) in [6.45, 7) is 5.84. The van der Waals surface area contributed by atoms with Crippen LogP contribution >= 0.6 is 23.1 Å². The predicted octanol–water partition coefficient (Wildman–Crippen LogP) is 5.09. The van der Waals surface area contributed by atoms with Crippen LogP contribution in [0.25, 0.3) is 0 Å². The summed E-state index contributed by atoms with van der Waals surface area (Å²) >= 11 is 2.52. The molecule has 38 heavy (non-hydrogen) atoms. The Morgan fingerprint density at radius 3 is 2.76 bits per heavy atom. The fraction of sp³-hybridized carbons (Fsp3) is 0.296. The van der Waals surface area contributed by atoms with Gasteiger partial charge in [-0.25, -0.2) is 0 Å². The monoisotopic (exact) mass is 546 g/mol. The molecule has 1 atom stereocenters. The van der Waals surface area contributed by atoms with Crippen molar-refractivity contribution in [2.45, 2.75) is 50.3 Å². The molecule has 194 valence electrons. The van der Waals surface area contributed by atoms with Crippen molar-refractivity contribution in [3.8, 4) is 6.07 Å². The Kier molecular flexibility index (Phi) is 7.10. The maximum absolute atomic E-state index is 13.2. The highest BCUT2D eigenvalue weighted by Gasteiger charge is 2.42. The average molecular weight is 547 g/mol. The summed E-state index contributed by atoms with van der Waals surface area (Å²) in [5.74, 6) is 0.742. The van der Waals surface area contributed by atoms with E-state index in [-0.39, 0.29) is 28.8 Å². The smallest absolute Gasteiger partial charge is 0.234 e. The van der Waals surface area contributed by atoms with Crippen molar-refractivity contribution in [2.24, 2.45) is 5.73 Å². The Morgan fingerprint density at radius 2 is 2.05 bits per heavy atom. The van der Waals surface area contributed by atoms with E-state index in [1.165, 1.54) is 23.1 Å². The molecule has 1 aliphatic carbocycles. The summed E-state index contributed by atoms with van der Waals surface area (Å²) in [6.07, 6.45) is 1.68. The van der Waals surface area contributed by atoms with Gasteiger partial charge in [0.15, 0.2) is 10.1 Å². The number of rotatable bonds is 6. The molecular formula is C27H26N6O3S2. The number of Topliss-reactive ketones (excluding diaryl/α,β-unsaturated/α-hetero) is 1. The lowest BCUT2D eigenvalue weighted by molar-refractivity contribution is -0.116. The first kappa shape index (κ1) is 25.8. The van der Waals surface area contributed by atoms with Crippen LogP contribution in [0, 0.1) is 32.1 Å². The minimum Gasteiger partial charge on any atom is -0.465 e. The number of nitriles is 1. The Labute approximate surface area is 228 Å². The van der Waals surface area contributed by atoms with Crippen LogP contribution in [0.15, 0.2) is 61.8 Å². The molecule has 0 fully saturated rings. The second-order valence-corrected chi connectivity index (χ2v) is 11.4. The number of furan rings is 1. The molecule has 9 nitrogen and oxygen atoms in total. The van der Waals surface area contributed by atoms with Crippen molar-refractivity contribution in [3.63, 3.8) is 0 Å². The number of nitrogens with one attached hydrogen (secondary N) is 1. The van der Waals surface area contributed by atoms with E-state index in [4.69, 9.17) is 10.2 Å². The topological polar surface area (TPSA) is 138 Å². The van der Waals surface area contributed by atoms with Crippen LogP contribution in [-0.2, 0) is 9.59 Å². The van der Waals surface area contributed by atoms with Gasteiger partial charge in [-0.2, -0.15) is 5.26 Å². The number of aryl methyl sites for hydroxylation is 3. The first-order chi connectivity index (χ1) is 18.3. The van der Waals surface area contributed by atoms with Crippen LogP contribution < -0.4 is 16.0 Å². The zero-order valence-corrected chi connectivity index (χ0v) is 22.8. The van der Waals surface area contributed by atoms with Gasteiger partial charge < -0.3 is 15.5 Å². The van der Waals surface area contributed by atoms with Crippen molar-refractivity contribution < 1.29 is 14.0 Å². The number of thioether (sulfide) groups is 1. The third-order valence-electron chi connectivity index (χ3n) is 6.66. The summed E-state index contributed by atoms with van der Waals surface area (Å²) < 4.78 is 6.42. The third-order valence-corrected chi connectivity index (χ3v) is 8.71. The summed E-state index contributed by atoms with van der Waals surface area (Å²) in [5.41, 5.74) is 11.0. The van der Waals surface area contributed by atoms with E-state index < -0.39 is 5.92 Å². The molecule has 1 aromatic carbocycles. The number of nitrogens with zero attached hydrogens (tertiary/aromatic N) is 4. The van der Waals surface area contributed by atoms with E-state index in [2.05, 4.69) is 21.6 Å². The van der Waals surface area contributed by atoms with Crippen LogP contribution in [0.5, 0.6) is 0 Å². The predicted molar refractivity (Wildman–Crippen MR) is 147 cm³/mol. The zero-order chi connectivity index (χ0) is 27.0. The molecule has 3 N–H and O–H groups in total. The number of carbonyl (C=O) groups is 2. The number of hydrogen-bond donors (Lipinski definition) is 2. The van der Waals surface area contributed by atoms with Gasteiger partial charge in [-0.1, -0.05) is 29.2 Å². The number of aromatic nitrogens is 2. The molecule has 3 aromatic rings. The number of hydrogen-bond acceptors (Lipinski definition) is 10. The van der Waals surface area contributed by atoms with Crippen LogP contribution in [0.1, 0.15) is 47.8 Å². The molecule has 5 rings (SSSR count). The molecule has 3 heterocycles. The molecule has 1 unspecified atom stereocenters. The molecule has 1 aliphatic heterocycles. The molecule has 2 aromatic heterocycles. The van der Waals surface area contributed by atoms with Gasteiger partial charge in [-0.15, -0.1) is 10.2 Å². The standard InChI is InChI=1S/C27H26N6O3S2/c1-14-7-9-17(11-15(14)2)30-22(35)13-37-27-32-31-26(38-27)33-19-5-4-6-20(34)24(19)23(18(12-28)25(33)29)21-10-8-16(3)36-21/h7-11,23H,4-6,13,29H2,1-3H3,(H,30,35). The fourth-order valence-electron chi connectivity index (χ4n) is 4.69. The number of allylic oxidation sites excluding steroid dienone is 3. The van der Waals surface area contributed by atoms with Gasteiger partial charge >= 0.3 is 0 Å². The number of ketones is 1. The molecular weight excluding hydrogens is 520 g/mol. The van der Waals surface area contributed by atoms with Gasteiger partial charge in [0.2, 0.25) is 11.0 Å².